The van der Waals surface area contributed by atoms with Gasteiger partial charge < -0.3 is 19.3 Å². The number of para-hydroxylation sites is 1. The van der Waals surface area contributed by atoms with Gasteiger partial charge in [-0.15, -0.1) is 0 Å². The number of hydrogen-bond donors (Lipinski definition) is 1. The molecule has 0 bridgehead atoms. The van der Waals surface area contributed by atoms with E-state index in [1.54, 1.807) is 20.8 Å². The maximum atomic E-state index is 12.3. The van der Waals surface area contributed by atoms with Gasteiger partial charge >= 0.3 is 5.97 Å². The van der Waals surface area contributed by atoms with Crippen LogP contribution in [0.4, 0.5) is 0 Å². The summed E-state index contributed by atoms with van der Waals surface area (Å²) in [5.74, 6) is 1.57. The number of aryl methyl sites for hydroxylation is 2. The van der Waals surface area contributed by atoms with E-state index in [2.05, 4.69) is 19.1 Å². The molecule has 1 aliphatic carbocycles. The van der Waals surface area contributed by atoms with E-state index >= 15 is 0 Å². The molecule has 3 unspecified atom stereocenters. The fourth-order valence-electron chi connectivity index (χ4n) is 4.71. The molecule has 1 saturated carbocycles. The standard InChI is InChI=1S/C30H42O5/c1-7-9-10-13-16-34-26-15-12-11-14-23(26)27(31)25-19-24(25)22-17-20(3)28(21(4)18-22)35-30(5,6)29(32)33-8-2/h11-12,14-15,17-18,24-25,27,31H,7-10,13,16,19H2,1-6H3. The molecule has 0 saturated heterocycles. The summed E-state index contributed by atoms with van der Waals surface area (Å²) in [6, 6.07) is 12.1. The molecule has 3 atom stereocenters. The third-order valence-corrected chi connectivity index (χ3v) is 6.77. The maximum Gasteiger partial charge on any atom is 0.349 e. The molecule has 35 heavy (non-hydrogen) atoms. The summed E-state index contributed by atoms with van der Waals surface area (Å²) < 4.78 is 17.3. The quantitative estimate of drug-likeness (QED) is 0.251. The number of carbonyl (C=O) groups is 1. The first kappa shape index (κ1) is 27.1. The highest BCUT2D eigenvalue weighted by Crippen LogP contribution is 2.55. The van der Waals surface area contributed by atoms with Crippen LogP contribution in [0.2, 0.25) is 0 Å². The van der Waals surface area contributed by atoms with E-state index < -0.39 is 11.7 Å². The average molecular weight is 483 g/mol. The minimum absolute atomic E-state index is 0.154. The van der Waals surface area contributed by atoms with Crippen LogP contribution in [0.1, 0.15) is 94.1 Å². The molecule has 0 radical (unpaired) electrons. The largest absolute Gasteiger partial charge is 0.493 e. The van der Waals surface area contributed by atoms with Crippen LogP contribution >= 0.6 is 0 Å². The minimum atomic E-state index is -1.06. The van der Waals surface area contributed by atoms with Crippen molar-refractivity contribution in [3.63, 3.8) is 0 Å². The lowest BCUT2D eigenvalue weighted by Crippen LogP contribution is -2.40. The molecule has 192 valence electrons. The van der Waals surface area contributed by atoms with Gasteiger partial charge in [0.25, 0.3) is 0 Å². The van der Waals surface area contributed by atoms with Gasteiger partial charge in [-0.1, -0.05) is 56.5 Å². The van der Waals surface area contributed by atoms with E-state index in [9.17, 15) is 9.90 Å². The van der Waals surface area contributed by atoms with Gasteiger partial charge in [-0.25, -0.2) is 4.79 Å². The first-order valence-corrected chi connectivity index (χ1v) is 13.1. The van der Waals surface area contributed by atoms with Crippen LogP contribution in [-0.4, -0.2) is 29.9 Å². The van der Waals surface area contributed by atoms with Crippen molar-refractivity contribution in [3.05, 3.63) is 58.7 Å². The summed E-state index contributed by atoms with van der Waals surface area (Å²) in [5.41, 5.74) is 2.97. The van der Waals surface area contributed by atoms with Crippen LogP contribution < -0.4 is 9.47 Å². The molecule has 1 aliphatic rings. The Balaban J connectivity index is 1.68. The highest BCUT2D eigenvalue weighted by molar-refractivity contribution is 5.79. The zero-order valence-electron chi connectivity index (χ0n) is 22.2. The molecule has 5 nitrogen and oxygen atoms in total. The molecule has 0 aromatic heterocycles. The molecule has 2 aromatic rings. The monoisotopic (exact) mass is 482 g/mol. The van der Waals surface area contributed by atoms with Crippen LogP contribution in [0.3, 0.4) is 0 Å². The van der Waals surface area contributed by atoms with E-state index in [1.165, 1.54) is 24.8 Å². The number of rotatable bonds is 13. The van der Waals surface area contributed by atoms with Crippen molar-refractivity contribution < 1.29 is 24.1 Å². The molecular weight excluding hydrogens is 440 g/mol. The lowest BCUT2D eigenvalue weighted by molar-refractivity contribution is -0.158. The highest BCUT2D eigenvalue weighted by Gasteiger charge is 2.45. The number of benzene rings is 2. The number of unbranched alkanes of at least 4 members (excludes halogenated alkanes) is 3. The van der Waals surface area contributed by atoms with Crippen molar-refractivity contribution in [2.45, 2.75) is 91.3 Å². The van der Waals surface area contributed by atoms with E-state index in [4.69, 9.17) is 14.2 Å². The average Bonchev–Trinajstić information content (AvgIpc) is 3.62. The van der Waals surface area contributed by atoms with Gasteiger partial charge in [0, 0.05) is 5.56 Å². The number of aliphatic hydroxyl groups is 1. The van der Waals surface area contributed by atoms with E-state index in [0.29, 0.717) is 19.0 Å². The van der Waals surface area contributed by atoms with Gasteiger partial charge in [0.2, 0.25) is 0 Å². The van der Waals surface area contributed by atoms with Gasteiger partial charge in [0.1, 0.15) is 11.5 Å². The van der Waals surface area contributed by atoms with Gasteiger partial charge in [-0.3, -0.25) is 0 Å². The Morgan fingerprint density at radius 2 is 1.77 bits per heavy atom. The lowest BCUT2D eigenvalue weighted by atomic mass is 9.97. The van der Waals surface area contributed by atoms with Crippen LogP contribution in [0.5, 0.6) is 11.5 Å². The van der Waals surface area contributed by atoms with Crippen molar-refractivity contribution in [1.82, 2.24) is 0 Å². The van der Waals surface area contributed by atoms with Crippen molar-refractivity contribution in [1.29, 1.82) is 0 Å². The summed E-state index contributed by atoms with van der Waals surface area (Å²) >= 11 is 0. The molecule has 5 heteroatoms. The third kappa shape index (κ3) is 6.78. The predicted octanol–water partition coefficient (Wildman–Crippen LogP) is 6.82. The summed E-state index contributed by atoms with van der Waals surface area (Å²) in [7, 11) is 0. The third-order valence-electron chi connectivity index (χ3n) is 6.77. The van der Waals surface area contributed by atoms with E-state index in [0.717, 1.165) is 35.3 Å². The Bertz CT molecular complexity index is 973. The Labute approximate surface area is 210 Å². The van der Waals surface area contributed by atoms with Crippen LogP contribution in [-0.2, 0) is 9.53 Å². The maximum absolute atomic E-state index is 12.3. The Hall–Kier alpha value is -2.53. The molecule has 1 fully saturated rings. The first-order valence-electron chi connectivity index (χ1n) is 13.1. The summed E-state index contributed by atoms with van der Waals surface area (Å²) in [5, 5.41) is 11.2. The second-order valence-corrected chi connectivity index (χ2v) is 10.2. The van der Waals surface area contributed by atoms with E-state index in [1.807, 2.05) is 38.1 Å². The molecule has 1 N–H and O–H groups in total. The fourth-order valence-corrected chi connectivity index (χ4v) is 4.71. The molecule has 0 heterocycles. The Kier molecular flexibility index (Phi) is 9.23. The fraction of sp³-hybridized carbons (Fsp3) is 0.567. The highest BCUT2D eigenvalue weighted by atomic mass is 16.6. The van der Waals surface area contributed by atoms with Gasteiger partial charge in [0.05, 0.1) is 19.3 Å². The van der Waals surface area contributed by atoms with Gasteiger partial charge in [0.15, 0.2) is 5.60 Å². The molecule has 0 amide bonds. The second kappa shape index (κ2) is 11.9. The molecule has 0 aliphatic heterocycles. The number of hydrogen-bond acceptors (Lipinski definition) is 5. The normalized spacial score (nSPS) is 18.1. The smallest absolute Gasteiger partial charge is 0.349 e. The lowest BCUT2D eigenvalue weighted by Gasteiger charge is -2.26. The molecular formula is C30H42O5. The SMILES string of the molecule is CCCCCCOc1ccccc1C(O)C1CC1c1cc(C)c(OC(C)(C)C(=O)OCC)c(C)c1. The van der Waals surface area contributed by atoms with Crippen molar-refractivity contribution in [3.8, 4) is 11.5 Å². The molecule has 3 rings (SSSR count). The Morgan fingerprint density at radius 1 is 1.09 bits per heavy atom. The number of carbonyl (C=O) groups excluding carboxylic acids is 1. The van der Waals surface area contributed by atoms with Crippen molar-refractivity contribution in [2.75, 3.05) is 13.2 Å². The summed E-state index contributed by atoms with van der Waals surface area (Å²) in [4.78, 5) is 12.3. The number of aliphatic hydroxyl groups excluding tert-OH is 1. The van der Waals surface area contributed by atoms with Crippen LogP contribution in [0, 0.1) is 19.8 Å². The van der Waals surface area contributed by atoms with E-state index in [-0.39, 0.29) is 17.8 Å². The van der Waals surface area contributed by atoms with Gasteiger partial charge in [-0.2, -0.15) is 0 Å². The summed E-state index contributed by atoms with van der Waals surface area (Å²) in [6.45, 7) is 12.5. The van der Waals surface area contributed by atoms with Crippen LogP contribution in [0.15, 0.2) is 36.4 Å². The van der Waals surface area contributed by atoms with Crippen molar-refractivity contribution >= 4 is 5.97 Å². The molecule has 2 aromatic carbocycles. The predicted molar refractivity (Wildman–Crippen MR) is 139 cm³/mol. The molecule has 0 spiro atoms. The van der Waals surface area contributed by atoms with Crippen molar-refractivity contribution in [2.24, 2.45) is 5.92 Å². The van der Waals surface area contributed by atoms with Crippen LogP contribution in [0.25, 0.3) is 0 Å². The zero-order chi connectivity index (χ0) is 25.6. The zero-order valence-corrected chi connectivity index (χ0v) is 22.2. The number of ether oxygens (including phenoxy) is 3. The van der Waals surface area contributed by atoms with Gasteiger partial charge in [-0.05, 0) is 82.1 Å². The number of esters is 1. The first-order chi connectivity index (χ1) is 16.7. The Morgan fingerprint density at radius 3 is 2.43 bits per heavy atom. The second-order valence-electron chi connectivity index (χ2n) is 10.2. The minimum Gasteiger partial charge on any atom is -0.493 e. The summed E-state index contributed by atoms with van der Waals surface area (Å²) in [6.07, 6.45) is 4.99. The topological polar surface area (TPSA) is 65.0 Å².